The van der Waals surface area contributed by atoms with Gasteiger partial charge < -0.3 is 4.90 Å². The first-order valence-electron chi connectivity index (χ1n) is 6.35. The largest absolute Gasteiger partial charge is 0.334 e. The van der Waals surface area contributed by atoms with E-state index in [1.54, 1.807) is 0 Å². The summed E-state index contributed by atoms with van der Waals surface area (Å²) >= 11 is 0. The molecule has 0 aromatic carbocycles. The van der Waals surface area contributed by atoms with Crippen LogP contribution in [-0.2, 0) is 0 Å². The molecule has 1 amide bonds. The van der Waals surface area contributed by atoms with Crippen LogP contribution < -0.4 is 0 Å². The number of aromatic nitrogens is 3. The van der Waals surface area contributed by atoms with Crippen LogP contribution in [-0.4, -0.2) is 38.8 Å². The second-order valence-corrected chi connectivity index (χ2v) is 5.14. The molecule has 94 valence electrons. The topological polar surface area (TPSA) is 61.9 Å². The Morgan fingerprint density at radius 2 is 2.24 bits per heavy atom. The molecule has 0 atom stereocenters. The predicted molar refractivity (Wildman–Crippen MR) is 64.5 cm³/mol. The van der Waals surface area contributed by atoms with Gasteiger partial charge in [-0.25, -0.2) is 0 Å². The van der Waals surface area contributed by atoms with Gasteiger partial charge in [-0.2, -0.15) is 15.4 Å². The molecule has 0 bridgehead atoms. The van der Waals surface area contributed by atoms with Crippen molar-refractivity contribution >= 4 is 5.91 Å². The second kappa shape index (κ2) is 5.29. The van der Waals surface area contributed by atoms with Crippen molar-refractivity contribution in [2.45, 2.75) is 45.6 Å². The van der Waals surface area contributed by atoms with Crippen LogP contribution in [0.1, 0.15) is 50.0 Å². The van der Waals surface area contributed by atoms with Crippen LogP contribution in [0.5, 0.6) is 0 Å². The van der Waals surface area contributed by atoms with Crippen molar-refractivity contribution < 1.29 is 4.79 Å². The summed E-state index contributed by atoms with van der Waals surface area (Å²) in [4.78, 5) is 14.3. The van der Waals surface area contributed by atoms with E-state index in [1.807, 2.05) is 4.90 Å². The van der Waals surface area contributed by atoms with Gasteiger partial charge in [0.1, 0.15) is 0 Å². The number of amides is 1. The van der Waals surface area contributed by atoms with E-state index >= 15 is 0 Å². The van der Waals surface area contributed by atoms with Gasteiger partial charge in [-0.05, 0) is 18.8 Å². The van der Waals surface area contributed by atoms with E-state index in [1.165, 1.54) is 19.0 Å². The highest BCUT2D eigenvalue weighted by Crippen LogP contribution is 2.25. The molecule has 0 aliphatic heterocycles. The number of nitrogens with one attached hydrogen (secondary N) is 1. The summed E-state index contributed by atoms with van der Waals surface area (Å²) in [7, 11) is 0. The van der Waals surface area contributed by atoms with Gasteiger partial charge in [0.15, 0.2) is 5.69 Å². The van der Waals surface area contributed by atoms with Gasteiger partial charge in [0, 0.05) is 12.6 Å². The summed E-state index contributed by atoms with van der Waals surface area (Å²) in [6.45, 7) is 5.08. The van der Waals surface area contributed by atoms with Crippen molar-refractivity contribution in [1.29, 1.82) is 0 Å². The predicted octanol–water partition coefficient (Wildman–Crippen LogP) is 1.85. The van der Waals surface area contributed by atoms with E-state index in [0.717, 1.165) is 19.4 Å². The minimum atomic E-state index is 0.0133. The molecule has 0 unspecified atom stereocenters. The Balaban J connectivity index is 2.11. The molecule has 0 spiro atoms. The van der Waals surface area contributed by atoms with E-state index in [9.17, 15) is 4.79 Å². The van der Waals surface area contributed by atoms with Crippen LogP contribution in [0, 0.1) is 5.92 Å². The lowest BCUT2D eigenvalue weighted by Crippen LogP contribution is -2.41. The summed E-state index contributed by atoms with van der Waals surface area (Å²) in [5, 5.41) is 10.1. The zero-order valence-electron chi connectivity index (χ0n) is 10.5. The molecule has 2 rings (SSSR count). The number of H-pyrrole nitrogens is 1. The summed E-state index contributed by atoms with van der Waals surface area (Å²) in [6, 6.07) is 0.390. The number of carbonyl (C=O) groups is 1. The van der Waals surface area contributed by atoms with Gasteiger partial charge in [-0.3, -0.25) is 4.79 Å². The maximum absolute atomic E-state index is 12.3. The fourth-order valence-corrected chi connectivity index (χ4v) is 2.46. The smallest absolute Gasteiger partial charge is 0.276 e. The molecule has 1 aliphatic rings. The first kappa shape index (κ1) is 12.1. The summed E-state index contributed by atoms with van der Waals surface area (Å²) in [6.07, 6.45) is 6.20. The highest BCUT2D eigenvalue weighted by molar-refractivity contribution is 5.92. The quantitative estimate of drug-likeness (QED) is 0.867. The van der Waals surface area contributed by atoms with Gasteiger partial charge in [-0.15, -0.1) is 0 Å². The van der Waals surface area contributed by atoms with Crippen molar-refractivity contribution in [3.05, 3.63) is 11.9 Å². The Morgan fingerprint density at radius 1 is 1.53 bits per heavy atom. The average molecular weight is 236 g/mol. The molecule has 5 heteroatoms. The highest BCUT2D eigenvalue weighted by atomic mass is 16.2. The van der Waals surface area contributed by atoms with Gasteiger partial charge in [0.2, 0.25) is 0 Å². The Morgan fingerprint density at radius 3 is 2.76 bits per heavy atom. The Labute approximate surface area is 102 Å². The molecule has 1 N–H and O–H groups in total. The van der Waals surface area contributed by atoms with Crippen molar-refractivity contribution in [2.24, 2.45) is 5.92 Å². The normalized spacial score (nSPS) is 16.6. The molecule has 0 saturated heterocycles. The maximum atomic E-state index is 12.3. The molecule has 1 heterocycles. The Kier molecular flexibility index (Phi) is 3.76. The van der Waals surface area contributed by atoms with Crippen LogP contribution in [0.2, 0.25) is 0 Å². The average Bonchev–Trinajstić information content (AvgIpc) is 2.96. The van der Waals surface area contributed by atoms with Gasteiger partial charge in [0.25, 0.3) is 5.91 Å². The minimum absolute atomic E-state index is 0.0133. The monoisotopic (exact) mass is 236 g/mol. The lowest BCUT2D eigenvalue weighted by atomic mass is 10.1. The first-order chi connectivity index (χ1) is 8.18. The lowest BCUT2D eigenvalue weighted by molar-refractivity contribution is 0.0649. The molecule has 0 radical (unpaired) electrons. The molecular formula is C12H20N4O. The van der Waals surface area contributed by atoms with Crippen LogP contribution in [0.3, 0.4) is 0 Å². The molecule has 1 aromatic heterocycles. The third-order valence-corrected chi connectivity index (χ3v) is 3.22. The first-order valence-corrected chi connectivity index (χ1v) is 6.35. The van der Waals surface area contributed by atoms with Crippen molar-refractivity contribution in [2.75, 3.05) is 6.54 Å². The van der Waals surface area contributed by atoms with E-state index in [-0.39, 0.29) is 5.91 Å². The van der Waals surface area contributed by atoms with E-state index in [2.05, 4.69) is 29.3 Å². The van der Waals surface area contributed by atoms with Crippen LogP contribution in [0.25, 0.3) is 0 Å². The molecule has 5 nitrogen and oxygen atoms in total. The number of nitrogens with zero attached hydrogens (tertiary/aromatic N) is 3. The van der Waals surface area contributed by atoms with Crippen molar-refractivity contribution in [3.63, 3.8) is 0 Å². The van der Waals surface area contributed by atoms with Crippen molar-refractivity contribution in [1.82, 2.24) is 20.3 Å². The fraction of sp³-hybridized carbons (Fsp3) is 0.750. The zero-order chi connectivity index (χ0) is 12.3. The third kappa shape index (κ3) is 2.84. The molecule has 1 aromatic rings. The highest BCUT2D eigenvalue weighted by Gasteiger charge is 2.28. The van der Waals surface area contributed by atoms with Crippen LogP contribution in [0.15, 0.2) is 6.20 Å². The van der Waals surface area contributed by atoms with Crippen LogP contribution >= 0.6 is 0 Å². The van der Waals surface area contributed by atoms with Gasteiger partial charge >= 0.3 is 0 Å². The Hall–Kier alpha value is -1.39. The van der Waals surface area contributed by atoms with Gasteiger partial charge in [0.05, 0.1) is 6.20 Å². The minimum Gasteiger partial charge on any atom is -0.334 e. The molecule has 17 heavy (non-hydrogen) atoms. The molecule has 1 saturated carbocycles. The van der Waals surface area contributed by atoms with E-state index in [0.29, 0.717) is 17.7 Å². The molecule has 1 fully saturated rings. The number of rotatable bonds is 4. The van der Waals surface area contributed by atoms with Crippen LogP contribution in [0.4, 0.5) is 0 Å². The Bertz CT molecular complexity index is 355. The zero-order valence-corrected chi connectivity index (χ0v) is 10.5. The summed E-state index contributed by atoms with van der Waals surface area (Å²) in [5.74, 6) is 0.491. The molecular weight excluding hydrogens is 216 g/mol. The van der Waals surface area contributed by atoms with E-state index in [4.69, 9.17) is 0 Å². The second-order valence-electron chi connectivity index (χ2n) is 5.14. The summed E-state index contributed by atoms with van der Waals surface area (Å²) in [5.41, 5.74) is 0.428. The SMILES string of the molecule is CC(C)CN(C(=O)c1cn[nH]n1)C1CCCC1. The number of carbonyl (C=O) groups excluding carboxylic acids is 1. The summed E-state index contributed by atoms with van der Waals surface area (Å²) < 4.78 is 0. The van der Waals surface area contributed by atoms with Gasteiger partial charge in [-0.1, -0.05) is 26.7 Å². The number of hydrogen-bond donors (Lipinski definition) is 1. The number of aromatic amines is 1. The molecule has 1 aliphatic carbocycles. The standard InChI is InChI=1S/C12H20N4O/c1-9(2)8-16(10-5-3-4-6-10)12(17)11-7-13-15-14-11/h7,9-10H,3-6,8H2,1-2H3,(H,13,14,15). The third-order valence-electron chi connectivity index (χ3n) is 3.22. The fourth-order valence-electron chi connectivity index (χ4n) is 2.46. The number of hydrogen-bond acceptors (Lipinski definition) is 3. The lowest BCUT2D eigenvalue weighted by Gasteiger charge is -2.29. The maximum Gasteiger partial charge on any atom is 0.276 e. The van der Waals surface area contributed by atoms with Crippen molar-refractivity contribution in [3.8, 4) is 0 Å². The van der Waals surface area contributed by atoms with E-state index < -0.39 is 0 Å².